The summed E-state index contributed by atoms with van der Waals surface area (Å²) in [6, 6.07) is 7.54. The predicted molar refractivity (Wildman–Crippen MR) is 172 cm³/mol. The number of amides is 3. The largest absolute Gasteiger partial charge is 0.376 e. The van der Waals surface area contributed by atoms with Gasteiger partial charge in [0.1, 0.15) is 0 Å². The molecule has 1 aliphatic heterocycles. The molecule has 0 saturated carbocycles. The van der Waals surface area contributed by atoms with Gasteiger partial charge in [0.15, 0.2) is 3.79 Å². The second-order valence-corrected chi connectivity index (χ2v) is 15.4. The summed E-state index contributed by atoms with van der Waals surface area (Å²) < 4.78 is 6.25. The number of rotatable bonds is 15. The van der Waals surface area contributed by atoms with Gasteiger partial charge in [-0.15, -0.1) is 0 Å². The van der Waals surface area contributed by atoms with Crippen LogP contribution < -0.4 is 10.2 Å². The van der Waals surface area contributed by atoms with Crippen LogP contribution in [0.5, 0.6) is 0 Å². The summed E-state index contributed by atoms with van der Waals surface area (Å²) in [4.78, 5) is 50.9. The fraction of sp³-hybridized carbons (Fsp3) is 0.677. The van der Waals surface area contributed by atoms with E-state index in [9.17, 15) is 19.2 Å². The van der Waals surface area contributed by atoms with E-state index in [0.717, 1.165) is 18.4 Å². The van der Waals surface area contributed by atoms with Gasteiger partial charge in [-0.1, -0.05) is 39.8 Å². The third-order valence-corrected chi connectivity index (χ3v) is 10.3. The molecule has 40 heavy (non-hydrogen) atoms. The fourth-order valence-electron chi connectivity index (χ4n) is 4.56. The highest BCUT2D eigenvalue weighted by Crippen LogP contribution is 2.33. The fourth-order valence-corrected chi connectivity index (χ4v) is 5.45. The number of imide groups is 1. The van der Waals surface area contributed by atoms with Gasteiger partial charge in [0.2, 0.25) is 17.7 Å². The molecule has 1 unspecified atom stereocenters. The van der Waals surface area contributed by atoms with Gasteiger partial charge in [-0.25, -0.2) is 4.90 Å². The Morgan fingerprint density at radius 3 is 2.10 bits per heavy atom. The maximum Gasteiger partial charge on any atom is 0.247 e. The molecule has 2 rings (SSSR count). The molecule has 1 fully saturated rings. The van der Waals surface area contributed by atoms with Crippen LogP contribution in [0.15, 0.2) is 24.3 Å². The van der Waals surface area contributed by atoms with Crippen molar-refractivity contribution in [1.29, 1.82) is 0 Å². The molecule has 1 atom stereocenters. The molecule has 9 heteroatoms. The van der Waals surface area contributed by atoms with Gasteiger partial charge in [-0.05, 0) is 82.7 Å². The molecular formula is C31H47IN2O5S. The lowest BCUT2D eigenvalue weighted by atomic mass is 9.80. The van der Waals surface area contributed by atoms with Crippen molar-refractivity contribution < 1.29 is 23.9 Å². The van der Waals surface area contributed by atoms with Gasteiger partial charge >= 0.3 is 0 Å². The van der Waals surface area contributed by atoms with Crippen molar-refractivity contribution in [2.75, 3.05) is 17.8 Å². The highest BCUT2D eigenvalue weighted by molar-refractivity contribution is 14.1. The zero-order valence-electron chi connectivity index (χ0n) is 25.6. The molecule has 0 aliphatic carbocycles. The summed E-state index contributed by atoms with van der Waals surface area (Å²) >= 11 is 3.26. The first kappa shape index (κ1) is 34.7. The van der Waals surface area contributed by atoms with E-state index >= 15 is 0 Å². The molecule has 3 amide bonds. The van der Waals surface area contributed by atoms with E-state index in [1.165, 1.54) is 16.7 Å². The monoisotopic (exact) mass is 686 g/mol. The van der Waals surface area contributed by atoms with Crippen LogP contribution in [0.1, 0.15) is 99.5 Å². The van der Waals surface area contributed by atoms with Crippen molar-refractivity contribution in [3.05, 3.63) is 29.8 Å². The molecule has 0 spiro atoms. The molecule has 1 N–H and O–H groups in total. The Hall–Kier alpha value is -1.46. The lowest BCUT2D eigenvalue weighted by Crippen LogP contribution is -2.45. The maximum absolute atomic E-state index is 12.9. The molecule has 0 bridgehead atoms. The number of halogens is 1. The van der Waals surface area contributed by atoms with Crippen LogP contribution in [0.3, 0.4) is 0 Å². The standard InChI is InChI=1S/C31H47IN2O5S/c1-28(2,21-10-12-22(13-11-21)34-25(36)20-23(40-9)26(34)37)15-14-24(35)33-30(5,6)16-17-31(7,8)39-19-18-29(3,4)27(32)38/h10-13,23H,14-20H2,1-9H3,(H,33,35). The van der Waals surface area contributed by atoms with Crippen molar-refractivity contribution in [3.8, 4) is 0 Å². The van der Waals surface area contributed by atoms with Crippen molar-refractivity contribution >= 4 is 61.6 Å². The Morgan fingerprint density at radius 1 is 0.975 bits per heavy atom. The van der Waals surface area contributed by atoms with Crippen LogP contribution >= 0.6 is 34.4 Å². The average molecular weight is 687 g/mol. The zero-order valence-corrected chi connectivity index (χ0v) is 28.6. The van der Waals surface area contributed by atoms with Crippen LogP contribution in [-0.2, 0) is 29.3 Å². The predicted octanol–water partition coefficient (Wildman–Crippen LogP) is 6.59. The normalized spacial score (nSPS) is 16.9. The molecule has 1 aliphatic rings. The van der Waals surface area contributed by atoms with E-state index in [1.807, 2.05) is 94.7 Å². The number of ether oxygens (including phenoxy) is 1. The number of benzene rings is 1. The average Bonchev–Trinajstić information content (AvgIpc) is 3.14. The summed E-state index contributed by atoms with van der Waals surface area (Å²) in [7, 11) is 0. The topological polar surface area (TPSA) is 92.8 Å². The van der Waals surface area contributed by atoms with Crippen molar-refractivity contribution in [1.82, 2.24) is 5.32 Å². The number of hydrogen-bond donors (Lipinski definition) is 1. The summed E-state index contributed by atoms with van der Waals surface area (Å²) in [6.45, 7) is 16.8. The van der Waals surface area contributed by atoms with Gasteiger partial charge in [0.25, 0.3) is 0 Å². The quantitative estimate of drug-likeness (QED) is 0.127. The van der Waals surface area contributed by atoms with Gasteiger partial charge in [-0.2, -0.15) is 11.8 Å². The first-order valence-corrected chi connectivity index (χ1v) is 16.3. The van der Waals surface area contributed by atoms with Gasteiger partial charge < -0.3 is 10.1 Å². The Labute approximate surface area is 258 Å². The third-order valence-electron chi connectivity index (χ3n) is 7.86. The van der Waals surface area contributed by atoms with Gasteiger partial charge in [0, 0.05) is 53.0 Å². The minimum atomic E-state index is -0.400. The zero-order chi connectivity index (χ0) is 30.5. The Kier molecular flexibility index (Phi) is 11.9. The van der Waals surface area contributed by atoms with E-state index in [4.69, 9.17) is 4.74 Å². The summed E-state index contributed by atoms with van der Waals surface area (Å²) in [5.74, 6) is -0.315. The summed E-state index contributed by atoms with van der Waals surface area (Å²) in [6.07, 6.45) is 5.33. The van der Waals surface area contributed by atoms with Crippen LogP contribution in [0.2, 0.25) is 0 Å². The SMILES string of the molecule is CSC1CC(=O)N(c2ccc(C(C)(C)CCC(=O)NC(C)(C)CCC(C)(C)OCCC(C)(C)C(=O)I)cc2)C1=O. The van der Waals surface area contributed by atoms with Crippen LogP contribution in [-0.4, -0.2) is 50.8 Å². The molecule has 1 saturated heterocycles. The smallest absolute Gasteiger partial charge is 0.247 e. The van der Waals surface area contributed by atoms with Crippen molar-refractivity contribution in [2.45, 2.75) is 116 Å². The van der Waals surface area contributed by atoms with E-state index in [2.05, 4.69) is 19.2 Å². The third kappa shape index (κ3) is 9.82. The van der Waals surface area contributed by atoms with Crippen LogP contribution in [0.4, 0.5) is 5.69 Å². The second kappa shape index (κ2) is 13.7. The Morgan fingerprint density at radius 2 is 1.57 bits per heavy atom. The van der Waals surface area contributed by atoms with Crippen molar-refractivity contribution in [2.24, 2.45) is 5.41 Å². The van der Waals surface area contributed by atoms with E-state index in [-0.39, 0.29) is 49.7 Å². The number of nitrogens with one attached hydrogen (secondary N) is 1. The minimum absolute atomic E-state index is 0.00657. The first-order chi connectivity index (χ1) is 18.3. The number of hydrogen-bond acceptors (Lipinski definition) is 6. The van der Waals surface area contributed by atoms with E-state index < -0.39 is 5.41 Å². The molecule has 7 nitrogen and oxygen atoms in total. The number of anilines is 1. The Balaban J connectivity index is 1.87. The Bertz CT molecular complexity index is 1080. The van der Waals surface area contributed by atoms with Crippen molar-refractivity contribution in [3.63, 3.8) is 0 Å². The highest BCUT2D eigenvalue weighted by Gasteiger charge is 2.39. The summed E-state index contributed by atoms with van der Waals surface area (Å²) in [5, 5.41) is 2.88. The lowest BCUT2D eigenvalue weighted by molar-refractivity contribution is -0.123. The molecule has 1 aromatic rings. The number of carbonyl (C=O) groups is 4. The van der Waals surface area contributed by atoms with E-state index in [0.29, 0.717) is 31.6 Å². The van der Waals surface area contributed by atoms with Crippen LogP contribution in [0, 0.1) is 5.41 Å². The number of thioether (sulfide) groups is 1. The highest BCUT2D eigenvalue weighted by atomic mass is 127. The second-order valence-electron chi connectivity index (χ2n) is 13.4. The van der Waals surface area contributed by atoms with Gasteiger partial charge in [-0.3, -0.25) is 19.2 Å². The molecular weight excluding hydrogens is 639 g/mol. The number of carbonyl (C=O) groups excluding carboxylic acids is 4. The maximum atomic E-state index is 12.9. The molecule has 0 radical (unpaired) electrons. The minimum Gasteiger partial charge on any atom is -0.376 e. The molecule has 0 aromatic heterocycles. The molecule has 1 heterocycles. The van der Waals surface area contributed by atoms with Gasteiger partial charge in [0.05, 0.1) is 16.5 Å². The lowest BCUT2D eigenvalue weighted by Gasteiger charge is -2.33. The first-order valence-electron chi connectivity index (χ1n) is 14.0. The van der Waals surface area contributed by atoms with E-state index in [1.54, 1.807) is 0 Å². The molecule has 1 aromatic carbocycles. The number of nitrogens with zero attached hydrogens (tertiary/aromatic N) is 1. The molecule has 224 valence electrons. The van der Waals surface area contributed by atoms with Crippen LogP contribution in [0.25, 0.3) is 0 Å². The summed E-state index contributed by atoms with van der Waals surface area (Å²) in [5.41, 5.74) is 0.244.